The lowest BCUT2D eigenvalue weighted by Gasteiger charge is -2.21. The van der Waals surface area contributed by atoms with Crippen LogP contribution < -0.4 is 5.56 Å². The summed E-state index contributed by atoms with van der Waals surface area (Å²) in [7, 11) is 1.61. The van der Waals surface area contributed by atoms with Crippen molar-refractivity contribution in [1.82, 2.24) is 4.57 Å². The van der Waals surface area contributed by atoms with Crippen molar-refractivity contribution in [3.05, 3.63) is 70.1 Å². The summed E-state index contributed by atoms with van der Waals surface area (Å²) in [6.45, 7) is 5.52. The quantitative estimate of drug-likeness (QED) is 0.630. The highest BCUT2D eigenvalue weighted by Gasteiger charge is 2.22. The molecule has 1 aromatic heterocycles. The smallest absolute Gasteiger partial charge is 0.258 e. The molecule has 3 rings (SSSR count). The van der Waals surface area contributed by atoms with Crippen LogP contribution >= 0.6 is 0 Å². The minimum atomic E-state index is -0.495. The fourth-order valence-electron chi connectivity index (χ4n) is 2.96. The van der Waals surface area contributed by atoms with E-state index in [1.54, 1.807) is 37.5 Å². The van der Waals surface area contributed by atoms with Crippen LogP contribution in [0.3, 0.4) is 0 Å². The van der Waals surface area contributed by atoms with Crippen LogP contribution in [0.2, 0.25) is 0 Å². The summed E-state index contributed by atoms with van der Waals surface area (Å²) in [6.07, 6.45) is 1.55. The lowest BCUT2D eigenvalue weighted by atomic mass is 9.85. The molecule has 124 valence electrons. The third-order valence-electron chi connectivity index (χ3n) is 4.25. The van der Waals surface area contributed by atoms with Gasteiger partial charge in [-0.1, -0.05) is 39.0 Å². The molecule has 0 fully saturated rings. The van der Waals surface area contributed by atoms with E-state index in [4.69, 9.17) is 0 Å². The van der Waals surface area contributed by atoms with Crippen LogP contribution in [-0.2, 0) is 12.5 Å². The zero-order chi connectivity index (χ0) is 17.6. The molecule has 0 bridgehead atoms. The molecule has 4 heteroatoms. The Labute approximate surface area is 139 Å². The number of hydrogen-bond acceptors (Lipinski definition) is 1. The fourth-order valence-corrected chi connectivity index (χ4v) is 2.96. The molecule has 0 unspecified atom stereocenters. The van der Waals surface area contributed by atoms with Crippen molar-refractivity contribution in [2.24, 2.45) is 7.05 Å². The second-order valence-electron chi connectivity index (χ2n) is 7.07. The monoisotopic (exact) mass is 327 g/mol. The number of aryl methyl sites for hydroxylation is 1. The van der Waals surface area contributed by atoms with Gasteiger partial charge in [-0.25, -0.2) is 8.78 Å². The van der Waals surface area contributed by atoms with E-state index in [1.807, 2.05) is 20.8 Å². The van der Waals surface area contributed by atoms with Crippen LogP contribution in [0.15, 0.2) is 47.4 Å². The SMILES string of the molecule is Cn1cc(-c2cc(F)c(C(C)(C)C)cc2F)c2ccccc2c1=O. The standard InChI is InChI=1S/C20H19F2NO/c1-20(2,3)16-10-17(21)14(9-18(16)22)15-11-23(4)19(24)13-8-6-5-7-12(13)15/h5-11H,1-4H3. The third-order valence-corrected chi connectivity index (χ3v) is 4.25. The first kappa shape index (κ1) is 16.4. The first-order chi connectivity index (χ1) is 11.2. The number of fused-ring (bicyclic) bond motifs is 1. The Morgan fingerprint density at radius 1 is 0.917 bits per heavy atom. The third kappa shape index (κ3) is 2.62. The number of hydrogen-bond donors (Lipinski definition) is 0. The summed E-state index contributed by atoms with van der Waals surface area (Å²) in [5.74, 6) is -0.943. The highest BCUT2D eigenvalue weighted by Crippen LogP contribution is 2.34. The van der Waals surface area contributed by atoms with E-state index in [9.17, 15) is 13.6 Å². The topological polar surface area (TPSA) is 22.0 Å². The van der Waals surface area contributed by atoms with E-state index in [0.717, 1.165) is 0 Å². The largest absolute Gasteiger partial charge is 0.317 e. The molecule has 1 heterocycles. The molecule has 0 spiro atoms. The van der Waals surface area contributed by atoms with Gasteiger partial charge in [-0.3, -0.25) is 4.79 Å². The first-order valence-corrected chi connectivity index (χ1v) is 7.78. The van der Waals surface area contributed by atoms with Gasteiger partial charge >= 0.3 is 0 Å². The number of rotatable bonds is 1. The zero-order valence-corrected chi connectivity index (χ0v) is 14.2. The Kier molecular flexibility index (Phi) is 3.78. The van der Waals surface area contributed by atoms with E-state index < -0.39 is 17.0 Å². The van der Waals surface area contributed by atoms with E-state index in [2.05, 4.69) is 0 Å². The molecular formula is C20H19F2NO. The van der Waals surface area contributed by atoms with Crippen molar-refractivity contribution in [2.45, 2.75) is 26.2 Å². The number of aromatic nitrogens is 1. The summed E-state index contributed by atoms with van der Waals surface area (Å²) in [5.41, 5.74) is 0.339. The summed E-state index contributed by atoms with van der Waals surface area (Å²) < 4.78 is 30.7. The average molecular weight is 327 g/mol. The molecule has 0 N–H and O–H groups in total. The average Bonchev–Trinajstić information content (AvgIpc) is 2.52. The molecule has 24 heavy (non-hydrogen) atoms. The van der Waals surface area contributed by atoms with Crippen molar-refractivity contribution in [1.29, 1.82) is 0 Å². The summed E-state index contributed by atoms with van der Waals surface area (Å²) in [4.78, 5) is 12.2. The van der Waals surface area contributed by atoms with Gasteiger partial charge in [-0.15, -0.1) is 0 Å². The molecule has 0 aliphatic rings. The molecule has 2 aromatic carbocycles. The molecule has 0 aliphatic heterocycles. The maximum atomic E-state index is 14.8. The van der Waals surface area contributed by atoms with Gasteiger partial charge in [0.15, 0.2) is 0 Å². The van der Waals surface area contributed by atoms with E-state index in [-0.39, 0.29) is 11.1 Å². The van der Waals surface area contributed by atoms with Crippen molar-refractivity contribution < 1.29 is 8.78 Å². The van der Waals surface area contributed by atoms with Crippen molar-refractivity contribution in [3.8, 4) is 11.1 Å². The van der Waals surface area contributed by atoms with Crippen molar-refractivity contribution in [3.63, 3.8) is 0 Å². The maximum Gasteiger partial charge on any atom is 0.258 e. The van der Waals surface area contributed by atoms with Crippen molar-refractivity contribution in [2.75, 3.05) is 0 Å². The van der Waals surface area contributed by atoms with Gasteiger partial charge in [0.05, 0.1) is 0 Å². The Morgan fingerprint density at radius 2 is 1.54 bits per heavy atom. The van der Waals surface area contributed by atoms with Crippen LogP contribution in [0.25, 0.3) is 21.9 Å². The summed E-state index contributed by atoms with van der Waals surface area (Å²) in [5, 5.41) is 1.10. The zero-order valence-electron chi connectivity index (χ0n) is 14.2. The van der Waals surface area contributed by atoms with Gasteiger partial charge in [0.1, 0.15) is 11.6 Å². The van der Waals surface area contributed by atoms with Gasteiger partial charge in [0.2, 0.25) is 0 Å². The van der Waals surface area contributed by atoms with Gasteiger partial charge in [0.25, 0.3) is 5.56 Å². The van der Waals surface area contributed by atoms with E-state index >= 15 is 0 Å². The van der Waals surface area contributed by atoms with E-state index in [0.29, 0.717) is 21.9 Å². The Bertz CT molecular complexity index is 997. The van der Waals surface area contributed by atoms with Crippen LogP contribution in [0.5, 0.6) is 0 Å². The minimum absolute atomic E-state index is 0.160. The van der Waals surface area contributed by atoms with Gasteiger partial charge in [-0.2, -0.15) is 0 Å². The predicted molar refractivity (Wildman–Crippen MR) is 93.2 cm³/mol. The van der Waals surface area contributed by atoms with Gasteiger partial charge < -0.3 is 4.57 Å². The number of benzene rings is 2. The molecule has 0 saturated heterocycles. The van der Waals surface area contributed by atoms with Gasteiger partial charge in [0, 0.05) is 29.8 Å². The molecule has 0 aliphatic carbocycles. The van der Waals surface area contributed by atoms with E-state index in [1.165, 1.54) is 16.7 Å². The van der Waals surface area contributed by atoms with Crippen LogP contribution in [0.4, 0.5) is 8.78 Å². The lowest BCUT2D eigenvalue weighted by Crippen LogP contribution is -2.17. The normalized spacial score (nSPS) is 11.9. The highest BCUT2D eigenvalue weighted by molar-refractivity contribution is 5.95. The molecular weight excluding hydrogens is 308 g/mol. The minimum Gasteiger partial charge on any atom is -0.317 e. The fraction of sp³-hybridized carbons (Fsp3) is 0.250. The second kappa shape index (κ2) is 5.55. The highest BCUT2D eigenvalue weighted by atomic mass is 19.1. The van der Waals surface area contributed by atoms with Crippen molar-refractivity contribution >= 4 is 10.8 Å². The van der Waals surface area contributed by atoms with Gasteiger partial charge in [-0.05, 0) is 34.6 Å². The molecule has 2 nitrogen and oxygen atoms in total. The first-order valence-electron chi connectivity index (χ1n) is 7.78. The Balaban J connectivity index is 2.35. The number of halogens is 2. The van der Waals surface area contributed by atoms with Crippen LogP contribution in [0, 0.1) is 11.6 Å². The molecule has 0 radical (unpaired) electrons. The number of nitrogens with zero attached hydrogens (tertiary/aromatic N) is 1. The molecule has 0 atom stereocenters. The second-order valence-corrected chi connectivity index (χ2v) is 7.07. The molecule has 0 amide bonds. The Hall–Kier alpha value is -2.49. The lowest BCUT2D eigenvalue weighted by molar-refractivity contribution is 0.512. The number of pyridine rings is 1. The maximum absolute atomic E-state index is 14.8. The van der Waals surface area contributed by atoms with Crippen LogP contribution in [-0.4, -0.2) is 4.57 Å². The predicted octanol–water partition coefficient (Wildman–Crippen LogP) is 4.78. The molecule has 0 saturated carbocycles. The van der Waals surface area contributed by atoms with Crippen LogP contribution in [0.1, 0.15) is 26.3 Å². The Morgan fingerprint density at radius 3 is 2.17 bits per heavy atom. The molecule has 3 aromatic rings. The summed E-state index contributed by atoms with van der Waals surface area (Å²) >= 11 is 0. The summed E-state index contributed by atoms with van der Waals surface area (Å²) in [6, 6.07) is 9.46.